The molecule has 0 aliphatic heterocycles. The first kappa shape index (κ1) is 29.0. The lowest BCUT2D eigenvalue weighted by Gasteiger charge is -2.32. The van der Waals surface area contributed by atoms with Crippen molar-refractivity contribution in [3.63, 3.8) is 0 Å². The fourth-order valence-corrected chi connectivity index (χ4v) is 3.15. The van der Waals surface area contributed by atoms with E-state index in [0.717, 1.165) is 12.0 Å². The van der Waals surface area contributed by atoms with Crippen molar-refractivity contribution in [2.24, 2.45) is 0 Å². The van der Waals surface area contributed by atoms with Crippen LogP contribution in [0.5, 0.6) is 17.2 Å². The van der Waals surface area contributed by atoms with Gasteiger partial charge in [-0.25, -0.2) is 14.4 Å². The lowest BCUT2D eigenvalue weighted by molar-refractivity contribution is -0.134. The highest BCUT2D eigenvalue weighted by Gasteiger charge is 2.30. The average Bonchev–Trinajstić information content (AvgIpc) is 2.88. The zero-order chi connectivity index (χ0) is 26.4. The second kappa shape index (κ2) is 14.3. The molecule has 0 radical (unpaired) electrons. The first-order chi connectivity index (χ1) is 16.7. The molecular weight excluding hydrogens is 458 g/mol. The van der Waals surface area contributed by atoms with E-state index in [0.29, 0.717) is 35.0 Å². The fourth-order valence-electron chi connectivity index (χ4n) is 3.15. The van der Waals surface area contributed by atoms with Crippen LogP contribution < -0.4 is 19.5 Å². The Bertz CT molecular complexity index is 974. The van der Waals surface area contributed by atoms with Gasteiger partial charge in [0.15, 0.2) is 11.5 Å². The Morgan fingerprint density at radius 2 is 1.43 bits per heavy atom. The predicted molar refractivity (Wildman–Crippen MR) is 128 cm³/mol. The van der Waals surface area contributed by atoms with Crippen LogP contribution in [0.2, 0.25) is 0 Å². The highest BCUT2D eigenvalue weighted by molar-refractivity contribution is 5.91. The van der Waals surface area contributed by atoms with Gasteiger partial charge in [-0.3, -0.25) is 0 Å². The lowest BCUT2D eigenvalue weighted by atomic mass is 9.88. The minimum Gasteiger partial charge on any atom is -0.493 e. The third kappa shape index (κ3) is 8.35. The zero-order valence-corrected chi connectivity index (χ0v) is 20.4. The molecule has 10 heteroatoms. The molecule has 1 unspecified atom stereocenters. The van der Waals surface area contributed by atoms with Crippen LogP contribution in [0.1, 0.15) is 29.3 Å². The number of esters is 1. The molecule has 10 nitrogen and oxygen atoms in total. The van der Waals surface area contributed by atoms with E-state index in [4.69, 9.17) is 29.2 Å². The lowest BCUT2D eigenvalue weighted by Crippen LogP contribution is -2.44. The van der Waals surface area contributed by atoms with E-state index in [2.05, 4.69) is 12.2 Å². The molecule has 0 saturated heterocycles. The molecule has 2 aromatic carbocycles. The molecule has 3 N–H and O–H groups in total. The van der Waals surface area contributed by atoms with Gasteiger partial charge in [-0.05, 0) is 31.2 Å². The van der Waals surface area contributed by atoms with E-state index >= 15 is 0 Å². The van der Waals surface area contributed by atoms with Crippen LogP contribution in [0.4, 0.5) is 0 Å². The molecule has 0 amide bonds. The molecule has 0 heterocycles. The fraction of sp³-hybridized carbons (Fsp3) is 0.320. The van der Waals surface area contributed by atoms with Gasteiger partial charge >= 0.3 is 17.9 Å². The normalized spacial score (nSPS) is 12.0. The molecule has 190 valence electrons. The van der Waals surface area contributed by atoms with Crippen LogP contribution in [0.3, 0.4) is 0 Å². The Morgan fingerprint density at radius 3 is 1.80 bits per heavy atom. The van der Waals surface area contributed by atoms with Gasteiger partial charge < -0.3 is 34.5 Å². The van der Waals surface area contributed by atoms with Crippen LogP contribution in [0.15, 0.2) is 54.6 Å². The smallest absolute Gasteiger partial charge is 0.338 e. The highest BCUT2D eigenvalue weighted by atomic mass is 16.5. The summed E-state index contributed by atoms with van der Waals surface area (Å²) < 4.78 is 21.5. The number of aliphatic carboxylic acids is 2. The van der Waals surface area contributed by atoms with Gasteiger partial charge in [-0.2, -0.15) is 0 Å². The SMILES string of the molecule is CCC(COC(=O)c1cc(OC)c(OC)c(OC)c1)(NC)c1ccccc1.O=C(O)/C=C\C(=O)O. The van der Waals surface area contributed by atoms with Crippen LogP contribution >= 0.6 is 0 Å². The maximum absolute atomic E-state index is 12.7. The summed E-state index contributed by atoms with van der Waals surface area (Å²) in [6, 6.07) is 13.1. The summed E-state index contributed by atoms with van der Waals surface area (Å²) in [6.07, 6.45) is 1.88. The first-order valence-electron chi connectivity index (χ1n) is 10.5. The Labute approximate surface area is 204 Å². The minimum atomic E-state index is -1.26. The van der Waals surface area contributed by atoms with Crippen LogP contribution in [-0.4, -0.2) is 63.1 Å². The van der Waals surface area contributed by atoms with Gasteiger partial charge in [-0.1, -0.05) is 37.3 Å². The van der Waals surface area contributed by atoms with Crippen molar-refractivity contribution in [3.8, 4) is 17.2 Å². The number of rotatable bonds is 11. The summed E-state index contributed by atoms with van der Waals surface area (Å²) in [5, 5.41) is 18.9. The number of benzene rings is 2. The molecule has 0 saturated carbocycles. The van der Waals surface area contributed by atoms with E-state index in [-0.39, 0.29) is 6.61 Å². The van der Waals surface area contributed by atoms with Gasteiger partial charge in [0.05, 0.1) is 32.4 Å². The quantitative estimate of drug-likeness (QED) is 0.318. The number of carbonyl (C=O) groups is 3. The zero-order valence-electron chi connectivity index (χ0n) is 20.4. The van der Waals surface area contributed by atoms with E-state index in [1.807, 2.05) is 37.4 Å². The maximum Gasteiger partial charge on any atom is 0.338 e. The minimum absolute atomic E-state index is 0.194. The van der Waals surface area contributed by atoms with Crippen molar-refractivity contribution in [1.29, 1.82) is 0 Å². The van der Waals surface area contributed by atoms with Crippen LogP contribution in [0, 0.1) is 0 Å². The number of likely N-dealkylation sites (N-methyl/N-ethyl adjacent to an activating group) is 1. The Balaban J connectivity index is 0.000000658. The van der Waals surface area contributed by atoms with E-state index in [9.17, 15) is 14.4 Å². The highest BCUT2D eigenvalue weighted by Crippen LogP contribution is 2.38. The summed E-state index contributed by atoms with van der Waals surface area (Å²) in [5.41, 5.74) is 0.934. The van der Waals surface area contributed by atoms with E-state index in [1.165, 1.54) is 21.3 Å². The summed E-state index contributed by atoms with van der Waals surface area (Å²) in [5.74, 6) is -1.73. The third-order valence-corrected chi connectivity index (χ3v) is 5.13. The third-order valence-electron chi connectivity index (χ3n) is 5.13. The second-order valence-corrected chi connectivity index (χ2v) is 7.05. The number of hydrogen-bond acceptors (Lipinski definition) is 8. The van der Waals surface area contributed by atoms with Gasteiger partial charge in [-0.15, -0.1) is 0 Å². The van der Waals surface area contributed by atoms with E-state index < -0.39 is 23.4 Å². The van der Waals surface area contributed by atoms with Crippen molar-refractivity contribution in [2.45, 2.75) is 18.9 Å². The van der Waals surface area contributed by atoms with Crippen molar-refractivity contribution < 1.29 is 43.5 Å². The number of ether oxygens (including phenoxy) is 4. The van der Waals surface area contributed by atoms with Crippen molar-refractivity contribution >= 4 is 17.9 Å². The second-order valence-electron chi connectivity index (χ2n) is 7.05. The van der Waals surface area contributed by atoms with Crippen molar-refractivity contribution in [3.05, 3.63) is 65.7 Å². The van der Waals surface area contributed by atoms with Gasteiger partial charge in [0, 0.05) is 12.2 Å². The van der Waals surface area contributed by atoms with Gasteiger partial charge in [0.25, 0.3) is 0 Å². The summed E-state index contributed by atoms with van der Waals surface area (Å²) in [6.45, 7) is 2.25. The number of hydrogen-bond donors (Lipinski definition) is 3. The van der Waals surface area contributed by atoms with E-state index in [1.54, 1.807) is 12.1 Å². The number of carbonyl (C=O) groups excluding carboxylic acids is 1. The standard InChI is InChI=1S/C21H27NO5.C4H4O4/c1-6-21(22-2,16-10-8-7-9-11-16)14-27-20(23)15-12-17(24-3)19(26-5)18(13-15)25-4;5-3(6)1-2-4(7)8/h7-13,22H,6,14H2,1-5H3;1-2H,(H,5,6)(H,7,8)/b;2-1-. The number of nitrogens with one attached hydrogen (secondary N) is 1. The average molecular weight is 490 g/mol. The summed E-state index contributed by atoms with van der Waals surface area (Å²) >= 11 is 0. The Hall–Kier alpha value is -4.05. The first-order valence-corrected chi connectivity index (χ1v) is 10.5. The molecule has 0 bridgehead atoms. The number of carboxylic acids is 2. The number of carboxylic acid groups (broad SMARTS) is 2. The van der Waals surface area contributed by atoms with Crippen molar-refractivity contribution in [1.82, 2.24) is 5.32 Å². The molecule has 0 aromatic heterocycles. The van der Waals surface area contributed by atoms with Gasteiger partial charge in [0.2, 0.25) is 5.75 Å². The predicted octanol–water partition coefficient (Wildman–Crippen LogP) is 3.11. The van der Waals surface area contributed by atoms with Crippen LogP contribution in [-0.2, 0) is 19.9 Å². The molecule has 1 atom stereocenters. The molecule has 35 heavy (non-hydrogen) atoms. The van der Waals surface area contributed by atoms with Gasteiger partial charge in [0.1, 0.15) is 6.61 Å². The topological polar surface area (TPSA) is 141 Å². The molecule has 2 aromatic rings. The molecule has 2 rings (SSSR count). The maximum atomic E-state index is 12.7. The molecular formula is C25H31NO9. The van der Waals surface area contributed by atoms with Crippen molar-refractivity contribution in [2.75, 3.05) is 35.0 Å². The Morgan fingerprint density at radius 1 is 0.914 bits per heavy atom. The molecule has 0 fully saturated rings. The summed E-state index contributed by atoms with van der Waals surface area (Å²) in [4.78, 5) is 31.8. The molecule has 0 aliphatic carbocycles. The molecule has 0 spiro atoms. The Kier molecular flexibility index (Phi) is 11.8. The molecule has 0 aliphatic rings. The van der Waals surface area contributed by atoms with Crippen LogP contribution in [0.25, 0.3) is 0 Å². The number of methoxy groups -OCH3 is 3. The largest absolute Gasteiger partial charge is 0.493 e. The summed E-state index contributed by atoms with van der Waals surface area (Å²) in [7, 11) is 6.39. The monoisotopic (exact) mass is 489 g/mol.